The molecule has 0 unspecified atom stereocenters. The lowest BCUT2D eigenvalue weighted by molar-refractivity contribution is -0.175. The minimum absolute atomic E-state index is 0.0106. The Morgan fingerprint density at radius 3 is 2.13 bits per heavy atom. The van der Waals surface area contributed by atoms with E-state index < -0.39 is 47.9 Å². The maximum Gasteiger partial charge on any atom is 0.471 e. The number of carbonyl (C=O) groups is 4. The Hall–Kier alpha value is -2.33. The van der Waals surface area contributed by atoms with Gasteiger partial charge in [-0.3, -0.25) is 19.2 Å². The molecule has 2 aliphatic carbocycles. The van der Waals surface area contributed by atoms with E-state index in [0.29, 0.717) is 12.8 Å². The van der Waals surface area contributed by atoms with Crippen LogP contribution < -0.4 is 16.4 Å². The molecule has 1 aliphatic heterocycles. The zero-order valence-corrected chi connectivity index (χ0v) is 18.0. The molecule has 0 aromatic carbocycles. The van der Waals surface area contributed by atoms with E-state index in [0.717, 1.165) is 0 Å². The lowest BCUT2D eigenvalue weighted by atomic mass is 9.97. The van der Waals surface area contributed by atoms with Gasteiger partial charge in [0.25, 0.3) is 0 Å². The topological polar surface area (TPSA) is 122 Å². The van der Waals surface area contributed by atoms with E-state index in [4.69, 9.17) is 5.73 Å². The third-order valence-electron chi connectivity index (χ3n) is 6.93. The van der Waals surface area contributed by atoms with Crippen LogP contribution in [0.3, 0.4) is 0 Å². The highest BCUT2D eigenvalue weighted by Crippen LogP contribution is 2.65. The Kier molecular flexibility index (Phi) is 5.77. The summed E-state index contributed by atoms with van der Waals surface area (Å²) in [6.45, 7) is 7.56. The molecule has 0 bridgehead atoms. The van der Waals surface area contributed by atoms with Gasteiger partial charge in [0, 0.05) is 6.54 Å². The molecule has 3 fully saturated rings. The molecule has 11 heteroatoms. The summed E-state index contributed by atoms with van der Waals surface area (Å²) in [6, 6.07) is -3.20. The van der Waals surface area contributed by atoms with Crippen LogP contribution in [0, 0.1) is 29.1 Å². The van der Waals surface area contributed by atoms with Crippen LogP contribution in [0.15, 0.2) is 0 Å². The summed E-state index contributed by atoms with van der Waals surface area (Å²) in [5.74, 6) is -4.96. The average Bonchev–Trinajstić information content (AvgIpc) is 3.50. The number of alkyl halides is 3. The molecule has 2 saturated carbocycles. The van der Waals surface area contributed by atoms with Gasteiger partial charge in [-0.25, -0.2) is 0 Å². The standard InChI is InChI=1S/C20H29F3N4O4/c1-8(2)12(15(24)28)25-16(29)14-11-10(19(11,3)4)7-27(14)17(30)13(9-5-6-9)26-18(31)20(21,22)23/h8-14H,5-7H2,1-4H3,(H2,24,28)(H,25,29)(H,26,31)/t10-,11-,12-,13-,14-/m0/s1. The molecular weight excluding hydrogens is 417 g/mol. The lowest BCUT2D eigenvalue weighted by Gasteiger charge is -2.34. The van der Waals surface area contributed by atoms with Crippen LogP contribution in [0.25, 0.3) is 0 Å². The van der Waals surface area contributed by atoms with E-state index in [-0.39, 0.29) is 35.6 Å². The number of carbonyl (C=O) groups excluding carboxylic acids is 4. The monoisotopic (exact) mass is 446 g/mol. The number of fused-ring (bicyclic) bond motifs is 1. The molecule has 0 radical (unpaired) electrons. The molecule has 31 heavy (non-hydrogen) atoms. The second-order valence-corrected chi connectivity index (χ2v) is 9.81. The summed E-state index contributed by atoms with van der Waals surface area (Å²) >= 11 is 0. The van der Waals surface area contributed by atoms with Crippen molar-refractivity contribution in [1.29, 1.82) is 0 Å². The third-order valence-corrected chi connectivity index (χ3v) is 6.93. The third kappa shape index (κ3) is 4.36. The van der Waals surface area contributed by atoms with Crippen molar-refractivity contribution < 1.29 is 32.3 Å². The highest BCUT2D eigenvalue weighted by atomic mass is 19.4. The van der Waals surface area contributed by atoms with Gasteiger partial charge in [-0.05, 0) is 41.9 Å². The summed E-state index contributed by atoms with van der Waals surface area (Å²) in [7, 11) is 0. The summed E-state index contributed by atoms with van der Waals surface area (Å²) in [6.07, 6.45) is -4.06. The summed E-state index contributed by atoms with van der Waals surface area (Å²) < 4.78 is 38.3. The Labute approximate surface area is 178 Å². The molecule has 0 aromatic rings. The molecule has 8 nitrogen and oxygen atoms in total. The summed E-state index contributed by atoms with van der Waals surface area (Å²) in [5.41, 5.74) is 5.16. The average molecular weight is 446 g/mol. The summed E-state index contributed by atoms with van der Waals surface area (Å²) in [4.78, 5) is 50.8. The first-order chi connectivity index (χ1) is 14.2. The van der Waals surface area contributed by atoms with E-state index in [2.05, 4.69) is 5.32 Å². The van der Waals surface area contributed by atoms with Crippen molar-refractivity contribution in [3.8, 4) is 0 Å². The van der Waals surface area contributed by atoms with Crippen molar-refractivity contribution in [2.45, 2.75) is 64.8 Å². The molecule has 5 atom stereocenters. The van der Waals surface area contributed by atoms with E-state index in [9.17, 15) is 32.3 Å². The first kappa shape index (κ1) is 23.3. The van der Waals surface area contributed by atoms with Crippen molar-refractivity contribution >= 4 is 23.6 Å². The molecule has 4 amide bonds. The largest absolute Gasteiger partial charge is 0.471 e. The van der Waals surface area contributed by atoms with Crippen molar-refractivity contribution in [3.05, 3.63) is 0 Å². The first-order valence-corrected chi connectivity index (χ1v) is 10.5. The number of hydrogen-bond acceptors (Lipinski definition) is 4. The van der Waals surface area contributed by atoms with Gasteiger partial charge in [0.2, 0.25) is 17.7 Å². The fourth-order valence-electron chi connectivity index (χ4n) is 4.83. The Morgan fingerprint density at radius 2 is 1.68 bits per heavy atom. The van der Waals surface area contributed by atoms with Crippen LogP contribution in [0.1, 0.15) is 40.5 Å². The molecule has 0 aromatic heterocycles. The number of piperidine rings is 1. The number of halogens is 3. The van der Waals surface area contributed by atoms with Crippen molar-refractivity contribution in [1.82, 2.24) is 15.5 Å². The first-order valence-electron chi connectivity index (χ1n) is 10.5. The fraction of sp³-hybridized carbons (Fsp3) is 0.800. The lowest BCUT2D eigenvalue weighted by Crippen LogP contribution is -2.59. The maximum absolute atomic E-state index is 13.2. The number of hydrogen-bond donors (Lipinski definition) is 3. The second kappa shape index (κ2) is 7.67. The normalized spacial score (nSPS) is 28.5. The zero-order chi connectivity index (χ0) is 23.5. The van der Waals surface area contributed by atoms with Crippen molar-refractivity contribution in [2.75, 3.05) is 6.54 Å². The van der Waals surface area contributed by atoms with Crippen LogP contribution in [0.5, 0.6) is 0 Å². The van der Waals surface area contributed by atoms with E-state index in [1.165, 1.54) is 4.90 Å². The maximum atomic E-state index is 13.2. The Bertz CT molecular complexity index is 794. The minimum atomic E-state index is -5.11. The van der Waals surface area contributed by atoms with Gasteiger partial charge in [-0.15, -0.1) is 0 Å². The van der Waals surface area contributed by atoms with Crippen LogP contribution in [0.4, 0.5) is 13.2 Å². The van der Waals surface area contributed by atoms with Crippen LogP contribution in [-0.2, 0) is 19.2 Å². The van der Waals surface area contributed by atoms with Crippen molar-refractivity contribution in [3.63, 3.8) is 0 Å². The van der Waals surface area contributed by atoms with Crippen LogP contribution in [0.2, 0.25) is 0 Å². The Balaban J connectivity index is 1.81. The molecule has 3 aliphatic rings. The number of likely N-dealkylation sites (tertiary alicyclic amines) is 1. The van der Waals surface area contributed by atoms with Gasteiger partial charge in [-0.1, -0.05) is 27.7 Å². The van der Waals surface area contributed by atoms with Gasteiger partial charge < -0.3 is 21.3 Å². The highest BCUT2D eigenvalue weighted by molar-refractivity contribution is 5.96. The molecule has 1 saturated heterocycles. The van der Waals surface area contributed by atoms with Gasteiger partial charge in [0.1, 0.15) is 18.1 Å². The molecule has 0 spiro atoms. The SMILES string of the molecule is CC(C)[C@H](NC(=O)[C@@H]1[C@@H]2[C@H](CN1C(=O)[C@@H](NC(=O)C(F)(F)F)C1CC1)C2(C)C)C(N)=O. The number of primary amides is 1. The molecule has 4 N–H and O–H groups in total. The number of nitrogens with one attached hydrogen (secondary N) is 2. The van der Waals surface area contributed by atoms with Crippen LogP contribution >= 0.6 is 0 Å². The van der Waals surface area contributed by atoms with Gasteiger partial charge in [0.05, 0.1) is 0 Å². The molecule has 174 valence electrons. The number of amides is 4. The molecular formula is C20H29F3N4O4. The predicted molar refractivity (Wildman–Crippen MR) is 103 cm³/mol. The smallest absolute Gasteiger partial charge is 0.368 e. The zero-order valence-electron chi connectivity index (χ0n) is 18.0. The second-order valence-electron chi connectivity index (χ2n) is 9.81. The highest BCUT2D eigenvalue weighted by Gasteiger charge is 2.70. The van der Waals surface area contributed by atoms with Gasteiger partial charge >= 0.3 is 12.1 Å². The fourth-order valence-corrected chi connectivity index (χ4v) is 4.83. The summed E-state index contributed by atoms with van der Waals surface area (Å²) in [5, 5.41) is 4.43. The predicted octanol–water partition coefficient (Wildman–Crippen LogP) is 0.553. The van der Waals surface area contributed by atoms with Crippen molar-refractivity contribution in [2.24, 2.45) is 34.8 Å². The number of rotatable bonds is 7. The molecule has 3 rings (SSSR count). The van der Waals surface area contributed by atoms with E-state index in [1.807, 2.05) is 19.2 Å². The number of nitrogens with two attached hydrogens (primary N) is 1. The number of nitrogens with zero attached hydrogens (tertiary/aromatic N) is 1. The van der Waals surface area contributed by atoms with E-state index in [1.54, 1.807) is 13.8 Å². The molecule has 1 heterocycles. The quantitative estimate of drug-likeness (QED) is 0.529. The van der Waals surface area contributed by atoms with Crippen LogP contribution in [-0.4, -0.2) is 59.4 Å². The Morgan fingerprint density at radius 1 is 1.10 bits per heavy atom. The minimum Gasteiger partial charge on any atom is -0.368 e. The van der Waals surface area contributed by atoms with E-state index >= 15 is 0 Å². The van der Waals surface area contributed by atoms with Gasteiger partial charge in [-0.2, -0.15) is 13.2 Å². The van der Waals surface area contributed by atoms with Gasteiger partial charge in [0.15, 0.2) is 0 Å².